The highest BCUT2D eigenvalue weighted by Gasteiger charge is 2.71. The Morgan fingerprint density at radius 3 is 2.35 bits per heavy atom. The Balaban J connectivity index is 1.73. The van der Waals surface area contributed by atoms with Gasteiger partial charge in [-0.3, -0.25) is 14.4 Å². The van der Waals surface area contributed by atoms with Crippen molar-refractivity contribution in [1.29, 1.82) is 0 Å². The van der Waals surface area contributed by atoms with E-state index in [0.717, 1.165) is 0 Å². The zero-order chi connectivity index (χ0) is 26.9. The summed E-state index contributed by atoms with van der Waals surface area (Å²) >= 11 is 0. The number of hydrogen-bond acceptors (Lipinski definition) is 8. The molecule has 7 atom stereocenters. The van der Waals surface area contributed by atoms with Crippen LogP contribution >= 0.6 is 0 Å². The molecular formula is C29H34O8. The highest BCUT2D eigenvalue weighted by Crippen LogP contribution is 2.61. The Morgan fingerprint density at radius 2 is 1.76 bits per heavy atom. The maximum Gasteiger partial charge on any atom is 0.338 e. The topological polar surface area (TPSA) is 116 Å². The molecule has 1 aliphatic heterocycles. The molecule has 2 saturated carbocycles. The van der Waals surface area contributed by atoms with Crippen LogP contribution in [0.15, 0.2) is 41.5 Å². The van der Waals surface area contributed by atoms with Crippen LogP contribution in [0.1, 0.15) is 64.2 Å². The third kappa shape index (κ3) is 3.71. The lowest BCUT2D eigenvalue weighted by Gasteiger charge is -2.63. The van der Waals surface area contributed by atoms with Crippen LogP contribution in [0.25, 0.3) is 0 Å². The summed E-state index contributed by atoms with van der Waals surface area (Å²) < 4.78 is 17.6. The highest BCUT2D eigenvalue weighted by atomic mass is 16.6. The molecule has 198 valence electrons. The van der Waals surface area contributed by atoms with Gasteiger partial charge in [0.25, 0.3) is 0 Å². The molecule has 3 fully saturated rings. The monoisotopic (exact) mass is 510 g/mol. The second-order valence-corrected chi connectivity index (χ2v) is 11.8. The summed E-state index contributed by atoms with van der Waals surface area (Å²) in [6, 6.07) is 8.54. The van der Waals surface area contributed by atoms with Gasteiger partial charge in [-0.05, 0) is 48.5 Å². The summed E-state index contributed by atoms with van der Waals surface area (Å²) in [4.78, 5) is 53.4. The van der Waals surface area contributed by atoms with E-state index >= 15 is 0 Å². The van der Waals surface area contributed by atoms with Gasteiger partial charge in [0.1, 0.15) is 11.7 Å². The molecule has 8 heteroatoms. The SMILES string of the molecule is CC(=O)O[C@H]1C(=O)[C@]2(C)CC[C@H]3OC[C@@]3(O)[C@H]2[C@H](OC(=O)c2ccccc2)[C@@H]2CC(=O)C(C)=C1C2(C)C. The zero-order valence-electron chi connectivity index (χ0n) is 21.9. The number of ether oxygens (including phenoxy) is 3. The van der Waals surface area contributed by atoms with E-state index < -0.39 is 58.5 Å². The predicted molar refractivity (Wildman–Crippen MR) is 131 cm³/mol. The van der Waals surface area contributed by atoms with Gasteiger partial charge >= 0.3 is 11.9 Å². The van der Waals surface area contributed by atoms with Crippen molar-refractivity contribution in [3.8, 4) is 0 Å². The first-order valence-corrected chi connectivity index (χ1v) is 12.9. The average Bonchev–Trinajstić information content (AvgIpc) is 2.83. The van der Waals surface area contributed by atoms with E-state index in [1.165, 1.54) is 6.92 Å². The first-order valence-electron chi connectivity index (χ1n) is 12.9. The molecule has 4 aliphatic rings. The molecule has 3 aliphatic carbocycles. The van der Waals surface area contributed by atoms with Crippen LogP contribution in [0.4, 0.5) is 0 Å². The van der Waals surface area contributed by atoms with E-state index in [0.29, 0.717) is 29.6 Å². The number of allylic oxidation sites excluding steroid dienone is 1. The van der Waals surface area contributed by atoms with E-state index in [-0.39, 0.29) is 24.6 Å². The van der Waals surface area contributed by atoms with Crippen molar-refractivity contribution in [2.24, 2.45) is 22.7 Å². The fraction of sp³-hybridized carbons (Fsp3) is 0.586. The fourth-order valence-corrected chi connectivity index (χ4v) is 7.42. The van der Waals surface area contributed by atoms with E-state index in [2.05, 4.69) is 0 Å². The van der Waals surface area contributed by atoms with E-state index in [1.54, 1.807) is 44.2 Å². The fourth-order valence-electron chi connectivity index (χ4n) is 7.42. The van der Waals surface area contributed by atoms with Crippen LogP contribution in [-0.2, 0) is 28.6 Å². The molecule has 1 N–H and O–H groups in total. The minimum absolute atomic E-state index is 0.00829. The Bertz CT molecular complexity index is 1200. The lowest BCUT2D eigenvalue weighted by atomic mass is 9.47. The van der Waals surface area contributed by atoms with Crippen LogP contribution in [0, 0.1) is 22.7 Å². The summed E-state index contributed by atoms with van der Waals surface area (Å²) in [6.07, 6.45) is -1.87. The van der Waals surface area contributed by atoms with Gasteiger partial charge in [-0.15, -0.1) is 0 Å². The molecular weight excluding hydrogens is 476 g/mol. The number of rotatable bonds is 3. The number of benzene rings is 1. The van der Waals surface area contributed by atoms with Gasteiger partial charge in [0.2, 0.25) is 0 Å². The summed E-state index contributed by atoms with van der Waals surface area (Å²) in [7, 11) is 0. The number of Topliss-reactive ketones (excluding diaryl/α,β-unsaturated/α-hetero) is 2. The van der Waals surface area contributed by atoms with Gasteiger partial charge in [-0.1, -0.05) is 39.0 Å². The van der Waals surface area contributed by atoms with Crippen LogP contribution in [0.2, 0.25) is 0 Å². The molecule has 1 aromatic rings. The lowest BCUT2D eigenvalue weighted by Crippen LogP contribution is -2.75. The largest absolute Gasteiger partial charge is 0.458 e. The third-order valence-corrected chi connectivity index (χ3v) is 9.40. The van der Waals surface area contributed by atoms with Gasteiger partial charge in [-0.25, -0.2) is 4.79 Å². The Labute approximate surface area is 216 Å². The summed E-state index contributed by atoms with van der Waals surface area (Å²) in [5.74, 6) is -3.22. The van der Waals surface area contributed by atoms with Gasteiger partial charge in [0, 0.05) is 30.6 Å². The molecule has 37 heavy (non-hydrogen) atoms. The van der Waals surface area contributed by atoms with Crippen molar-refractivity contribution in [2.45, 2.75) is 77.8 Å². The molecule has 5 rings (SSSR count). The maximum absolute atomic E-state index is 14.4. The summed E-state index contributed by atoms with van der Waals surface area (Å²) in [6.45, 7) is 8.44. The maximum atomic E-state index is 14.4. The Hall–Kier alpha value is -2.84. The second kappa shape index (κ2) is 8.60. The molecule has 0 spiro atoms. The van der Waals surface area contributed by atoms with Crippen molar-refractivity contribution in [3.63, 3.8) is 0 Å². The number of esters is 2. The highest BCUT2D eigenvalue weighted by molar-refractivity contribution is 6.02. The van der Waals surface area contributed by atoms with E-state index in [4.69, 9.17) is 14.2 Å². The molecule has 8 nitrogen and oxygen atoms in total. The van der Waals surface area contributed by atoms with Gasteiger partial charge in [0.05, 0.1) is 18.3 Å². The van der Waals surface area contributed by atoms with E-state index in [9.17, 15) is 24.3 Å². The van der Waals surface area contributed by atoms with E-state index in [1.807, 2.05) is 13.8 Å². The van der Waals surface area contributed by atoms with Crippen LogP contribution in [-0.4, -0.2) is 59.1 Å². The standard InChI is InChI=1S/C29H34O8/c1-15-19(31)13-18-22(37-26(33)17-9-7-6-8-10-17)24-28(5,12-11-20-29(24,34)14-35-20)25(32)23(36-16(2)30)21(15)27(18,3)4/h6-10,18,20,22-24,34H,11-14H2,1-5H3/t18-,20+,22+,23+,24-,28+,29-/m0/s1. The normalized spacial score (nSPS) is 38.4. The smallest absolute Gasteiger partial charge is 0.338 e. The minimum Gasteiger partial charge on any atom is -0.458 e. The van der Waals surface area contributed by atoms with Gasteiger partial charge in [0.15, 0.2) is 17.7 Å². The van der Waals surface area contributed by atoms with Crippen LogP contribution in [0.5, 0.6) is 0 Å². The first-order chi connectivity index (χ1) is 17.3. The molecule has 1 saturated heterocycles. The molecule has 1 heterocycles. The molecule has 0 aromatic heterocycles. The molecule has 0 unspecified atom stereocenters. The van der Waals surface area contributed by atoms with Crippen molar-refractivity contribution >= 4 is 23.5 Å². The zero-order valence-corrected chi connectivity index (χ0v) is 21.9. The van der Waals surface area contributed by atoms with Crippen molar-refractivity contribution in [2.75, 3.05) is 6.61 Å². The minimum atomic E-state index is -1.43. The summed E-state index contributed by atoms with van der Waals surface area (Å²) in [5.41, 5.74) is -2.30. The average molecular weight is 511 g/mol. The number of hydrogen-bond donors (Lipinski definition) is 1. The Morgan fingerprint density at radius 1 is 1.08 bits per heavy atom. The van der Waals surface area contributed by atoms with Crippen LogP contribution < -0.4 is 0 Å². The number of carbonyl (C=O) groups excluding carboxylic acids is 4. The molecule has 0 amide bonds. The predicted octanol–water partition coefficient (Wildman–Crippen LogP) is 3.20. The van der Waals surface area contributed by atoms with Gasteiger partial charge < -0.3 is 19.3 Å². The Kier molecular flexibility index (Phi) is 5.99. The van der Waals surface area contributed by atoms with Crippen molar-refractivity contribution in [3.05, 3.63) is 47.0 Å². The number of aliphatic hydroxyl groups is 1. The molecule has 2 bridgehead atoms. The second-order valence-electron chi connectivity index (χ2n) is 11.8. The third-order valence-electron chi connectivity index (χ3n) is 9.40. The number of ketones is 2. The number of carbonyl (C=O) groups is 4. The number of fused-ring (bicyclic) bond motifs is 5. The summed E-state index contributed by atoms with van der Waals surface area (Å²) in [5, 5.41) is 12.0. The first kappa shape index (κ1) is 25.8. The lowest BCUT2D eigenvalue weighted by molar-refractivity contribution is -0.315. The quantitative estimate of drug-likeness (QED) is 0.617. The van der Waals surface area contributed by atoms with Gasteiger partial charge in [-0.2, -0.15) is 0 Å². The van der Waals surface area contributed by atoms with Crippen molar-refractivity contribution in [1.82, 2.24) is 0 Å². The molecule has 0 radical (unpaired) electrons. The van der Waals surface area contributed by atoms with Crippen molar-refractivity contribution < 1.29 is 38.5 Å². The molecule has 1 aromatic carbocycles. The van der Waals surface area contributed by atoms with Crippen LogP contribution in [0.3, 0.4) is 0 Å².